The van der Waals surface area contributed by atoms with Crippen molar-refractivity contribution in [1.29, 1.82) is 0 Å². The van der Waals surface area contributed by atoms with E-state index in [-0.39, 0.29) is 0 Å². The number of nitrogens with zero attached hydrogens (tertiary/aromatic N) is 2. The summed E-state index contributed by atoms with van der Waals surface area (Å²) in [4.78, 5) is 12.7. The zero-order valence-electron chi connectivity index (χ0n) is 12.6. The number of carbonyl (C=O) groups is 1. The summed E-state index contributed by atoms with van der Waals surface area (Å²) < 4.78 is 2.04. The predicted octanol–water partition coefficient (Wildman–Crippen LogP) is 4.50. The summed E-state index contributed by atoms with van der Waals surface area (Å²) in [6.45, 7) is 5.28. The van der Waals surface area contributed by atoms with Crippen LogP contribution in [-0.4, -0.2) is 20.9 Å². The number of thiophene rings is 1. The second-order valence-corrected chi connectivity index (χ2v) is 7.44. The molecule has 0 amide bonds. The first-order valence-corrected chi connectivity index (χ1v) is 8.61. The molecule has 0 bridgehead atoms. The van der Waals surface area contributed by atoms with Crippen molar-refractivity contribution < 1.29 is 9.90 Å². The Morgan fingerprint density at radius 1 is 1.48 bits per heavy atom. The summed E-state index contributed by atoms with van der Waals surface area (Å²) in [6, 6.07) is 1.83. The molecule has 1 saturated carbocycles. The average Bonchev–Trinajstić information content (AvgIpc) is 3.12. The maximum Gasteiger partial charge on any atom is 0.345 e. The van der Waals surface area contributed by atoms with Crippen molar-refractivity contribution >= 4 is 27.5 Å². The molecular weight excluding hydrogens is 284 g/mol. The normalized spacial score (nSPS) is 16.3. The quantitative estimate of drug-likeness (QED) is 0.885. The van der Waals surface area contributed by atoms with E-state index in [1.807, 2.05) is 10.7 Å². The largest absolute Gasteiger partial charge is 0.477 e. The number of hydrogen-bond donors (Lipinski definition) is 1. The lowest BCUT2D eigenvalue weighted by Gasteiger charge is -2.07. The van der Waals surface area contributed by atoms with Gasteiger partial charge >= 0.3 is 5.97 Å². The van der Waals surface area contributed by atoms with Crippen molar-refractivity contribution in [2.75, 3.05) is 0 Å². The van der Waals surface area contributed by atoms with Crippen molar-refractivity contribution in [2.45, 2.75) is 58.4 Å². The summed E-state index contributed by atoms with van der Waals surface area (Å²) in [5, 5.41) is 15.2. The molecule has 1 fully saturated rings. The van der Waals surface area contributed by atoms with Crippen LogP contribution < -0.4 is 0 Å². The van der Waals surface area contributed by atoms with E-state index in [0.717, 1.165) is 28.9 Å². The zero-order valence-corrected chi connectivity index (χ0v) is 13.4. The van der Waals surface area contributed by atoms with Crippen LogP contribution in [0, 0.1) is 5.92 Å². The van der Waals surface area contributed by atoms with Gasteiger partial charge in [0.05, 0.1) is 5.69 Å². The molecule has 2 aromatic heterocycles. The van der Waals surface area contributed by atoms with Gasteiger partial charge in [0.2, 0.25) is 0 Å². The van der Waals surface area contributed by atoms with Crippen LogP contribution in [0.15, 0.2) is 6.07 Å². The highest BCUT2D eigenvalue weighted by atomic mass is 32.1. The molecule has 0 spiro atoms. The Kier molecular flexibility index (Phi) is 4.02. The topological polar surface area (TPSA) is 55.1 Å². The van der Waals surface area contributed by atoms with Crippen molar-refractivity contribution in [3.8, 4) is 0 Å². The van der Waals surface area contributed by atoms with Crippen LogP contribution in [0.4, 0.5) is 0 Å². The average molecular weight is 306 g/mol. The minimum absolute atomic E-state index is 0.431. The van der Waals surface area contributed by atoms with Crippen LogP contribution in [0.2, 0.25) is 0 Å². The van der Waals surface area contributed by atoms with E-state index in [9.17, 15) is 9.90 Å². The number of rotatable bonds is 5. The highest BCUT2D eigenvalue weighted by Gasteiger charge is 2.25. The highest BCUT2D eigenvalue weighted by Crippen LogP contribution is 2.39. The SMILES string of the molecule is CC(C)CCn1nc(C2CCCC2)c2cc(C(=O)O)sc21. The summed E-state index contributed by atoms with van der Waals surface area (Å²) in [5.41, 5.74) is 1.13. The lowest BCUT2D eigenvalue weighted by molar-refractivity contribution is 0.0702. The molecule has 5 heteroatoms. The van der Waals surface area contributed by atoms with Crippen LogP contribution in [0.1, 0.15) is 67.2 Å². The van der Waals surface area contributed by atoms with Gasteiger partial charge in [0.15, 0.2) is 0 Å². The molecule has 21 heavy (non-hydrogen) atoms. The second-order valence-electron chi connectivity index (χ2n) is 6.41. The molecule has 114 valence electrons. The van der Waals surface area contributed by atoms with Crippen molar-refractivity contribution in [1.82, 2.24) is 9.78 Å². The molecule has 3 rings (SSSR count). The van der Waals surface area contributed by atoms with Crippen LogP contribution in [0.3, 0.4) is 0 Å². The Hall–Kier alpha value is -1.36. The third kappa shape index (κ3) is 2.84. The number of carboxylic acids is 1. The lowest BCUT2D eigenvalue weighted by Crippen LogP contribution is -2.04. The molecule has 0 atom stereocenters. The first kappa shape index (κ1) is 14.6. The van der Waals surface area contributed by atoms with Crippen LogP contribution in [-0.2, 0) is 6.54 Å². The molecule has 0 radical (unpaired) electrons. The van der Waals surface area contributed by atoms with Gasteiger partial charge in [0, 0.05) is 17.8 Å². The van der Waals surface area contributed by atoms with E-state index in [0.29, 0.717) is 16.7 Å². The monoisotopic (exact) mass is 306 g/mol. The maximum absolute atomic E-state index is 11.3. The maximum atomic E-state index is 11.3. The van der Waals surface area contributed by atoms with Crippen LogP contribution >= 0.6 is 11.3 Å². The summed E-state index contributed by atoms with van der Waals surface area (Å²) in [5.74, 6) is 0.311. The minimum atomic E-state index is -0.830. The van der Waals surface area contributed by atoms with Crippen molar-refractivity contribution in [2.24, 2.45) is 5.92 Å². The Morgan fingerprint density at radius 3 is 2.81 bits per heavy atom. The van der Waals surface area contributed by atoms with E-state index < -0.39 is 5.97 Å². The van der Waals surface area contributed by atoms with Crippen molar-refractivity contribution in [3.63, 3.8) is 0 Å². The molecule has 1 N–H and O–H groups in total. The first-order chi connectivity index (χ1) is 10.1. The number of aromatic carboxylic acids is 1. The summed E-state index contributed by atoms with van der Waals surface area (Å²) >= 11 is 1.36. The highest BCUT2D eigenvalue weighted by molar-refractivity contribution is 7.20. The Bertz CT molecular complexity index is 651. The molecule has 2 heterocycles. The standard InChI is InChI=1S/C16H22N2O2S/c1-10(2)7-8-18-15-12(9-13(21-15)16(19)20)14(17-18)11-5-3-4-6-11/h9-11H,3-8H2,1-2H3,(H,19,20). The van der Waals surface area contributed by atoms with Gasteiger partial charge in [0.1, 0.15) is 9.71 Å². The van der Waals surface area contributed by atoms with Crippen molar-refractivity contribution in [3.05, 3.63) is 16.6 Å². The Morgan fingerprint density at radius 2 is 2.19 bits per heavy atom. The molecule has 2 aromatic rings. The number of aromatic nitrogens is 2. The zero-order chi connectivity index (χ0) is 15.0. The van der Waals surface area contributed by atoms with Gasteiger partial charge in [-0.05, 0) is 31.2 Å². The lowest BCUT2D eigenvalue weighted by atomic mass is 10.0. The number of fused-ring (bicyclic) bond motifs is 1. The van der Waals surface area contributed by atoms with E-state index >= 15 is 0 Å². The Balaban J connectivity index is 2.02. The molecule has 0 aliphatic heterocycles. The third-order valence-corrected chi connectivity index (χ3v) is 5.46. The van der Waals surface area contributed by atoms with E-state index in [2.05, 4.69) is 13.8 Å². The fourth-order valence-electron chi connectivity index (χ4n) is 3.12. The molecule has 1 aliphatic rings. The third-order valence-electron chi connectivity index (χ3n) is 4.32. The van der Waals surface area contributed by atoms with Gasteiger partial charge in [-0.25, -0.2) is 4.79 Å². The molecule has 1 aliphatic carbocycles. The van der Waals surface area contributed by atoms with Gasteiger partial charge in [-0.15, -0.1) is 11.3 Å². The van der Waals surface area contributed by atoms with Crippen LogP contribution in [0.5, 0.6) is 0 Å². The fourth-order valence-corrected chi connectivity index (χ4v) is 4.11. The number of carboxylic acid groups (broad SMARTS) is 1. The van der Waals surface area contributed by atoms with E-state index in [1.165, 1.54) is 37.0 Å². The van der Waals surface area contributed by atoms with E-state index in [4.69, 9.17) is 5.10 Å². The van der Waals surface area contributed by atoms with Gasteiger partial charge in [-0.3, -0.25) is 4.68 Å². The number of hydrogen-bond acceptors (Lipinski definition) is 3. The first-order valence-electron chi connectivity index (χ1n) is 7.79. The van der Waals surface area contributed by atoms with Gasteiger partial charge < -0.3 is 5.11 Å². The van der Waals surface area contributed by atoms with Crippen LogP contribution in [0.25, 0.3) is 10.2 Å². The van der Waals surface area contributed by atoms with Gasteiger partial charge in [0.25, 0.3) is 0 Å². The Labute approximate surface area is 128 Å². The minimum Gasteiger partial charge on any atom is -0.477 e. The molecule has 0 unspecified atom stereocenters. The summed E-state index contributed by atoms with van der Waals surface area (Å²) in [6.07, 6.45) is 5.98. The molecule has 4 nitrogen and oxygen atoms in total. The van der Waals surface area contributed by atoms with Gasteiger partial charge in [-0.1, -0.05) is 26.7 Å². The molecule has 0 aromatic carbocycles. The molecular formula is C16H22N2O2S. The van der Waals surface area contributed by atoms with Gasteiger partial charge in [-0.2, -0.15) is 5.10 Å². The smallest absolute Gasteiger partial charge is 0.345 e. The summed E-state index contributed by atoms with van der Waals surface area (Å²) in [7, 11) is 0. The fraction of sp³-hybridized carbons (Fsp3) is 0.625. The predicted molar refractivity (Wildman–Crippen MR) is 85.2 cm³/mol. The number of aryl methyl sites for hydroxylation is 1. The van der Waals surface area contributed by atoms with E-state index in [1.54, 1.807) is 0 Å². The second kappa shape index (κ2) is 5.79. The molecule has 0 saturated heterocycles.